The van der Waals surface area contributed by atoms with Crippen LogP contribution in [-0.4, -0.2) is 25.7 Å². The zero-order valence-corrected chi connectivity index (χ0v) is 15.9. The number of rotatable bonds is 5. The zero-order chi connectivity index (χ0) is 15.9. The molecule has 0 radical (unpaired) electrons. The van der Waals surface area contributed by atoms with E-state index in [0.717, 1.165) is 12.8 Å². The molecule has 0 atom stereocenters. The van der Waals surface area contributed by atoms with E-state index in [1.165, 1.54) is 25.0 Å². The molecule has 0 saturated heterocycles. The molecule has 8 heteroatoms. The fraction of sp³-hybridized carbons (Fsp3) is 0.533. The first-order valence-electron chi connectivity index (χ1n) is 7.29. The van der Waals surface area contributed by atoms with Crippen LogP contribution >= 0.6 is 35.6 Å². The minimum absolute atomic E-state index is 0. The predicted octanol–water partition coefficient (Wildman–Crippen LogP) is 4.17. The molecule has 23 heavy (non-hydrogen) atoms. The molecule has 1 aromatic rings. The molecule has 4 nitrogen and oxygen atoms in total. The van der Waals surface area contributed by atoms with E-state index in [1.807, 2.05) is 0 Å². The van der Waals surface area contributed by atoms with E-state index in [2.05, 4.69) is 20.4 Å². The maximum Gasteiger partial charge on any atom is 0.387 e. The van der Waals surface area contributed by atoms with E-state index in [1.54, 1.807) is 13.1 Å². The third-order valence-electron chi connectivity index (χ3n) is 3.60. The summed E-state index contributed by atoms with van der Waals surface area (Å²) >= 11 is 5.92. The van der Waals surface area contributed by atoms with Gasteiger partial charge in [-0.1, -0.05) is 24.4 Å². The average Bonchev–Trinajstić information content (AvgIpc) is 2.98. The fourth-order valence-electron chi connectivity index (χ4n) is 2.53. The van der Waals surface area contributed by atoms with Gasteiger partial charge >= 0.3 is 6.61 Å². The molecule has 0 unspecified atom stereocenters. The molecule has 1 aliphatic carbocycles. The van der Waals surface area contributed by atoms with Gasteiger partial charge in [-0.3, -0.25) is 4.99 Å². The Morgan fingerprint density at radius 3 is 2.70 bits per heavy atom. The van der Waals surface area contributed by atoms with E-state index in [-0.39, 0.29) is 29.7 Å². The van der Waals surface area contributed by atoms with Crippen LogP contribution in [0.2, 0.25) is 5.02 Å². The highest BCUT2D eigenvalue weighted by Gasteiger charge is 2.16. The number of ether oxygens (including phenoxy) is 1. The van der Waals surface area contributed by atoms with Crippen LogP contribution in [0.4, 0.5) is 8.78 Å². The molecule has 2 rings (SSSR count). The maximum absolute atomic E-state index is 12.4. The number of hydrogen-bond donors (Lipinski definition) is 2. The number of alkyl halides is 2. The third kappa shape index (κ3) is 6.66. The average molecular weight is 460 g/mol. The standard InChI is InChI=1S/C15H20ClF2N3O.HI/c1-19-15(21-12-4-2-3-5-12)20-9-10-8-11(16)6-7-13(10)22-14(17)18;/h6-8,12,14H,2-5,9H2,1H3,(H2,19,20,21);1H. The summed E-state index contributed by atoms with van der Waals surface area (Å²) < 4.78 is 29.4. The van der Waals surface area contributed by atoms with Gasteiger partial charge in [0.05, 0.1) is 0 Å². The van der Waals surface area contributed by atoms with E-state index in [4.69, 9.17) is 11.6 Å². The smallest absolute Gasteiger partial charge is 0.387 e. The van der Waals surface area contributed by atoms with Gasteiger partial charge in [0.2, 0.25) is 0 Å². The second-order valence-electron chi connectivity index (χ2n) is 5.18. The summed E-state index contributed by atoms with van der Waals surface area (Å²) in [5.41, 5.74) is 0.558. The summed E-state index contributed by atoms with van der Waals surface area (Å²) in [6.07, 6.45) is 4.68. The molecule has 0 aromatic heterocycles. The van der Waals surface area contributed by atoms with Gasteiger partial charge in [0.15, 0.2) is 5.96 Å². The Hall–Kier alpha value is -0.830. The van der Waals surface area contributed by atoms with Crippen molar-refractivity contribution in [1.82, 2.24) is 10.6 Å². The van der Waals surface area contributed by atoms with Gasteiger partial charge in [-0.05, 0) is 31.0 Å². The highest BCUT2D eigenvalue weighted by atomic mass is 127. The van der Waals surface area contributed by atoms with Crippen molar-refractivity contribution >= 4 is 41.5 Å². The number of guanidine groups is 1. The summed E-state index contributed by atoms with van der Waals surface area (Å²) in [5.74, 6) is 0.762. The molecule has 0 aliphatic heterocycles. The Morgan fingerprint density at radius 1 is 1.39 bits per heavy atom. The first kappa shape index (κ1) is 20.2. The fourth-order valence-corrected chi connectivity index (χ4v) is 2.73. The quantitative estimate of drug-likeness (QED) is 0.395. The number of aliphatic imine (C=N–C) groups is 1. The van der Waals surface area contributed by atoms with Crippen LogP contribution in [0.5, 0.6) is 5.75 Å². The van der Waals surface area contributed by atoms with Crippen molar-refractivity contribution in [2.24, 2.45) is 4.99 Å². The van der Waals surface area contributed by atoms with E-state index in [9.17, 15) is 8.78 Å². The van der Waals surface area contributed by atoms with Crippen molar-refractivity contribution in [2.75, 3.05) is 7.05 Å². The minimum atomic E-state index is -2.86. The molecule has 1 aliphatic rings. The van der Waals surface area contributed by atoms with Gasteiger partial charge in [0.1, 0.15) is 5.75 Å². The van der Waals surface area contributed by atoms with Gasteiger partial charge in [-0.2, -0.15) is 8.78 Å². The van der Waals surface area contributed by atoms with Crippen LogP contribution in [0.25, 0.3) is 0 Å². The van der Waals surface area contributed by atoms with Gasteiger partial charge in [0, 0.05) is 30.2 Å². The number of benzene rings is 1. The molecule has 0 spiro atoms. The van der Waals surface area contributed by atoms with Gasteiger partial charge in [0.25, 0.3) is 0 Å². The second-order valence-corrected chi connectivity index (χ2v) is 5.62. The Kier molecular flexibility index (Phi) is 8.90. The molecule has 130 valence electrons. The summed E-state index contributed by atoms with van der Waals surface area (Å²) in [6.45, 7) is -2.56. The van der Waals surface area contributed by atoms with Gasteiger partial charge < -0.3 is 15.4 Å². The largest absolute Gasteiger partial charge is 0.434 e. The summed E-state index contributed by atoms with van der Waals surface area (Å²) in [7, 11) is 1.68. The van der Waals surface area contributed by atoms with Crippen molar-refractivity contribution in [2.45, 2.75) is 44.9 Å². The van der Waals surface area contributed by atoms with Crippen molar-refractivity contribution in [3.63, 3.8) is 0 Å². The maximum atomic E-state index is 12.4. The molecule has 0 heterocycles. The lowest BCUT2D eigenvalue weighted by atomic mass is 10.2. The van der Waals surface area contributed by atoms with Crippen LogP contribution in [0.1, 0.15) is 31.2 Å². The zero-order valence-electron chi connectivity index (χ0n) is 12.8. The molecule has 1 aromatic carbocycles. The monoisotopic (exact) mass is 459 g/mol. The van der Waals surface area contributed by atoms with Crippen LogP contribution in [0.15, 0.2) is 23.2 Å². The second kappa shape index (κ2) is 10.1. The molecular weight excluding hydrogens is 439 g/mol. The molecule has 1 fully saturated rings. The summed E-state index contributed by atoms with van der Waals surface area (Å²) in [5, 5.41) is 6.91. The lowest BCUT2D eigenvalue weighted by Gasteiger charge is -2.18. The molecule has 1 saturated carbocycles. The minimum Gasteiger partial charge on any atom is -0.434 e. The van der Waals surface area contributed by atoms with E-state index in [0.29, 0.717) is 29.1 Å². The third-order valence-corrected chi connectivity index (χ3v) is 3.84. The summed E-state index contributed by atoms with van der Waals surface area (Å²) in [4.78, 5) is 4.15. The Balaban J connectivity index is 0.00000264. The SMILES string of the molecule is CN=C(NCc1cc(Cl)ccc1OC(F)F)NC1CCCC1.I. The Morgan fingerprint density at radius 2 is 2.09 bits per heavy atom. The highest BCUT2D eigenvalue weighted by Crippen LogP contribution is 2.24. The van der Waals surface area contributed by atoms with Crippen LogP contribution in [0.3, 0.4) is 0 Å². The van der Waals surface area contributed by atoms with Crippen LogP contribution in [-0.2, 0) is 6.54 Å². The lowest BCUT2D eigenvalue weighted by molar-refractivity contribution is -0.0504. The topological polar surface area (TPSA) is 45.7 Å². The predicted molar refractivity (Wildman–Crippen MR) is 99.1 cm³/mol. The van der Waals surface area contributed by atoms with Crippen molar-refractivity contribution in [3.05, 3.63) is 28.8 Å². The van der Waals surface area contributed by atoms with E-state index < -0.39 is 6.61 Å². The van der Waals surface area contributed by atoms with Crippen LogP contribution in [0, 0.1) is 0 Å². The molecular formula is C15H21ClF2IN3O. The Labute approximate surface area is 157 Å². The first-order valence-corrected chi connectivity index (χ1v) is 7.66. The van der Waals surface area contributed by atoms with Crippen molar-refractivity contribution in [3.8, 4) is 5.75 Å². The van der Waals surface area contributed by atoms with Crippen molar-refractivity contribution < 1.29 is 13.5 Å². The lowest BCUT2D eigenvalue weighted by Crippen LogP contribution is -2.42. The van der Waals surface area contributed by atoms with E-state index >= 15 is 0 Å². The number of halogens is 4. The Bertz CT molecular complexity index is 525. The number of nitrogens with one attached hydrogen (secondary N) is 2. The highest BCUT2D eigenvalue weighted by molar-refractivity contribution is 14.0. The molecule has 0 bridgehead atoms. The van der Waals surface area contributed by atoms with Crippen molar-refractivity contribution in [1.29, 1.82) is 0 Å². The number of nitrogens with zero attached hydrogens (tertiary/aromatic N) is 1. The first-order chi connectivity index (χ1) is 10.6. The number of hydrogen-bond acceptors (Lipinski definition) is 2. The normalized spacial score (nSPS) is 15.4. The van der Waals surface area contributed by atoms with Gasteiger partial charge in [-0.25, -0.2) is 0 Å². The molecule has 0 amide bonds. The summed E-state index contributed by atoms with van der Waals surface area (Å²) in [6, 6.07) is 4.99. The van der Waals surface area contributed by atoms with Gasteiger partial charge in [-0.15, -0.1) is 24.0 Å². The van der Waals surface area contributed by atoms with Crippen LogP contribution < -0.4 is 15.4 Å². The molecule has 2 N–H and O–H groups in total.